The van der Waals surface area contributed by atoms with Crippen LogP contribution in [0.5, 0.6) is 0 Å². The Morgan fingerprint density at radius 2 is 1.65 bits per heavy atom. The predicted molar refractivity (Wildman–Crippen MR) is 97.6 cm³/mol. The Labute approximate surface area is 144 Å². The number of thioether (sulfide) groups is 1. The van der Waals surface area contributed by atoms with Crippen molar-refractivity contribution in [2.75, 3.05) is 4.72 Å². The van der Waals surface area contributed by atoms with Gasteiger partial charge in [0.1, 0.15) is 4.21 Å². The van der Waals surface area contributed by atoms with Gasteiger partial charge in [0.15, 0.2) is 0 Å². The summed E-state index contributed by atoms with van der Waals surface area (Å²) in [7, 11) is -3.52. The summed E-state index contributed by atoms with van der Waals surface area (Å²) in [5.41, 5.74) is 1.82. The van der Waals surface area contributed by atoms with Gasteiger partial charge in [0.2, 0.25) is 0 Å². The molecule has 0 fully saturated rings. The van der Waals surface area contributed by atoms with Crippen LogP contribution in [0.2, 0.25) is 0 Å². The minimum absolute atomic E-state index is 0.320. The summed E-state index contributed by atoms with van der Waals surface area (Å²) in [6, 6.07) is 20.9. The Morgan fingerprint density at radius 3 is 2.39 bits per heavy atom. The highest BCUT2D eigenvalue weighted by atomic mass is 32.2. The van der Waals surface area contributed by atoms with Crippen molar-refractivity contribution in [2.24, 2.45) is 0 Å². The van der Waals surface area contributed by atoms with Crippen LogP contribution in [-0.4, -0.2) is 8.42 Å². The van der Waals surface area contributed by atoms with Gasteiger partial charge >= 0.3 is 0 Å². The third kappa shape index (κ3) is 4.16. The highest BCUT2D eigenvalue weighted by Gasteiger charge is 2.16. The van der Waals surface area contributed by atoms with Gasteiger partial charge < -0.3 is 0 Å². The lowest BCUT2D eigenvalue weighted by Gasteiger charge is -2.11. The molecule has 0 radical (unpaired) electrons. The Balaban J connectivity index is 1.78. The number of anilines is 1. The van der Waals surface area contributed by atoms with Crippen LogP contribution >= 0.6 is 23.1 Å². The number of nitrogens with one attached hydrogen (secondary N) is 1. The zero-order valence-corrected chi connectivity index (χ0v) is 14.6. The maximum absolute atomic E-state index is 12.4. The molecule has 0 unspecified atom stereocenters. The quantitative estimate of drug-likeness (QED) is 0.639. The lowest BCUT2D eigenvalue weighted by molar-refractivity contribution is 0.603. The standard InChI is InChI=1S/C17H15NO2S3/c19-23(20,17-11-6-12-21-17)18-15-9-4-5-10-16(15)22-13-14-7-2-1-3-8-14/h1-12,18H,13H2. The summed E-state index contributed by atoms with van der Waals surface area (Å²) in [5.74, 6) is 0.790. The summed E-state index contributed by atoms with van der Waals surface area (Å²) < 4.78 is 27.8. The number of thiophene rings is 1. The van der Waals surface area contributed by atoms with Crippen molar-refractivity contribution in [3.8, 4) is 0 Å². The molecule has 2 aromatic carbocycles. The van der Waals surface area contributed by atoms with E-state index in [2.05, 4.69) is 16.9 Å². The zero-order chi connectivity index (χ0) is 16.1. The molecule has 0 spiro atoms. The molecule has 0 aliphatic rings. The highest BCUT2D eigenvalue weighted by Crippen LogP contribution is 2.31. The normalized spacial score (nSPS) is 11.3. The lowest BCUT2D eigenvalue weighted by atomic mass is 10.2. The molecule has 0 saturated carbocycles. The third-order valence-electron chi connectivity index (χ3n) is 3.13. The molecule has 3 nitrogen and oxygen atoms in total. The van der Waals surface area contributed by atoms with Crippen LogP contribution in [0.4, 0.5) is 5.69 Å². The molecule has 6 heteroatoms. The largest absolute Gasteiger partial charge is 0.278 e. The number of benzene rings is 2. The molecule has 3 aromatic rings. The van der Waals surface area contributed by atoms with Gasteiger partial charge in [0.25, 0.3) is 10.0 Å². The van der Waals surface area contributed by atoms with E-state index in [1.54, 1.807) is 35.3 Å². The number of hydrogen-bond acceptors (Lipinski definition) is 4. The van der Waals surface area contributed by atoms with Crippen LogP contribution in [0.3, 0.4) is 0 Å². The first kappa shape index (κ1) is 16.1. The van der Waals surface area contributed by atoms with Crippen molar-refractivity contribution in [3.63, 3.8) is 0 Å². The fourth-order valence-corrected chi connectivity index (χ4v) is 5.12. The van der Waals surface area contributed by atoms with Gasteiger partial charge in [-0.25, -0.2) is 8.42 Å². The number of para-hydroxylation sites is 1. The van der Waals surface area contributed by atoms with E-state index in [1.807, 2.05) is 36.4 Å². The van der Waals surface area contributed by atoms with Crippen molar-refractivity contribution in [1.29, 1.82) is 0 Å². The maximum Gasteiger partial charge on any atom is 0.271 e. The van der Waals surface area contributed by atoms with E-state index >= 15 is 0 Å². The van der Waals surface area contributed by atoms with E-state index in [1.165, 1.54) is 16.9 Å². The average Bonchev–Trinajstić information content (AvgIpc) is 3.10. The van der Waals surface area contributed by atoms with Gasteiger partial charge in [-0.1, -0.05) is 48.5 Å². The summed E-state index contributed by atoms with van der Waals surface area (Å²) in [6.45, 7) is 0. The van der Waals surface area contributed by atoms with Crippen molar-refractivity contribution in [2.45, 2.75) is 14.9 Å². The van der Waals surface area contributed by atoms with Crippen molar-refractivity contribution in [1.82, 2.24) is 0 Å². The summed E-state index contributed by atoms with van der Waals surface area (Å²) in [6.07, 6.45) is 0. The van der Waals surface area contributed by atoms with Gasteiger partial charge in [0.05, 0.1) is 5.69 Å². The van der Waals surface area contributed by atoms with Crippen LogP contribution in [0.1, 0.15) is 5.56 Å². The molecule has 0 aliphatic carbocycles. The first-order chi connectivity index (χ1) is 11.1. The van der Waals surface area contributed by atoms with E-state index < -0.39 is 10.0 Å². The van der Waals surface area contributed by atoms with Gasteiger partial charge in [-0.05, 0) is 29.1 Å². The molecule has 118 valence electrons. The van der Waals surface area contributed by atoms with E-state index in [0.717, 1.165) is 10.6 Å². The Bertz CT molecular complexity index is 860. The molecule has 0 saturated heterocycles. The first-order valence-electron chi connectivity index (χ1n) is 6.97. The molecule has 1 heterocycles. The van der Waals surface area contributed by atoms with Crippen LogP contribution in [0.15, 0.2) is 81.2 Å². The molecular weight excluding hydrogens is 346 g/mol. The van der Waals surface area contributed by atoms with Gasteiger partial charge in [-0.15, -0.1) is 23.1 Å². The summed E-state index contributed by atoms with van der Waals surface area (Å²) in [5, 5.41) is 1.75. The zero-order valence-electron chi connectivity index (χ0n) is 12.2. The molecule has 23 heavy (non-hydrogen) atoms. The van der Waals surface area contributed by atoms with Crippen LogP contribution < -0.4 is 4.72 Å². The molecule has 0 bridgehead atoms. The number of rotatable bonds is 6. The second kappa shape index (κ2) is 7.21. The van der Waals surface area contributed by atoms with Crippen molar-refractivity contribution in [3.05, 3.63) is 77.7 Å². The molecule has 3 rings (SSSR count). The van der Waals surface area contributed by atoms with Crippen LogP contribution in [-0.2, 0) is 15.8 Å². The Hall–Kier alpha value is -1.76. The Kier molecular flexibility index (Phi) is 5.05. The third-order valence-corrected chi connectivity index (χ3v) is 7.04. The molecule has 1 aromatic heterocycles. The fraction of sp³-hybridized carbons (Fsp3) is 0.0588. The fourth-order valence-electron chi connectivity index (χ4n) is 2.02. The lowest BCUT2D eigenvalue weighted by Crippen LogP contribution is -2.12. The molecule has 0 aliphatic heterocycles. The summed E-state index contributed by atoms with van der Waals surface area (Å²) >= 11 is 2.82. The van der Waals surface area contributed by atoms with Crippen LogP contribution in [0.25, 0.3) is 0 Å². The first-order valence-corrected chi connectivity index (χ1v) is 10.3. The van der Waals surface area contributed by atoms with E-state index in [-0.39, 0.29) is 0 Å². The molecule has 0 atom stereocenters. The van der Waals surface area contributed by atoms with E-state index in [4.69, 9.17) is 0 Å². The minimum atomic E-state index is -3.52. The molecular formula is C17H15NO2S3. The van der Waals surface area contributed by atoms with Crippen molar-refractivity contribution >= 4 is 38.8 Å². The second-order valence-electron chi connectivity index (χ2n) is 4.81. The van der Waals surface area contributed by atoms with E-state index in [0.29, 0.717) is 9.90 Å². The Morgan fingerprint density at radius 1 is 0.913 bits per heavy atom. The van der Waals surface area contributed by atoms with Crippen molar-refractivity contribution < 1.29 is 8.42 Å². The number of hydrogen-bond donors (Lipinski definition) is 1. The monoisotopic (exact) mass is 361 g/mol. The smallest absolute Gasteiger partial charge is 0.271 e. The van der Waals surface area contributed by atoms with Crippen LogP contribution in [0, 0.1) is 0 Å². The maximum atomic E-state index is 12.4. The predicted octanol–water partition coefficient (Wildman–Crippen LogP) is 4.84. The van der Waals surface area contributed by atoms with Gasteiger partial charge in [0, 0.05) is 10.6 Å². The second-order valence-corrected chi connectivity index (χ2v) is 8.68. The SMILES string of the molecule is O=S(=O)(Nc1ccccc1SCc1ccccc1)c1cccs1. The molecule has 1 N–H and O–H groups in total. The average molecular weight is 362 g/mol. The molecule has 0 amide bonds. The summed E-state index contributed by atoms with van der Waals surface area (Å²) in [4.78, 5) is 0.913. The highest BCUT2D eigenvalue weighted by molar-refractivity contribution is 7.99. The topological polar surface area (TPSA) is 46.2 Å². The van der Waals surface area contributed by atoms with Gasteiger partial charge in [-0.3, -0.25) is 4.72 Å². The minimum Gasteiger partial charge on any atom is -0.278 e. The number of sulfonamides is 1. The van der Waals surface area contributed by atoms with Gasteiger partial charge in [-0.2, -0.15) is 0 Å². The van der Waals surface area contributed by atoms with E-state index in [9.17, 15) is 8.42 Å².